The van der Waals surface area contributed by atoms with Crippen LogP contribution in [0, 0.1) is 0 Å². The molecule has 0 bridgehead atoms. The number of nitrogens with zero attached hydrogens (tertiary/aromatic N) is 3. The van der Waals surface area contributed by atoms with Crippen molar-refractivity contribution >= 4 is 59.8 Å². The molecule has 0 aliphatic carbocycles. The van der Waals surface area contributed by atoms with Crippen LogP contribution in [0.3, 0.4) is 0 Å². The first-order valence-electron chi connectivity index (χ1n) is 16.8. The van der Waals surface area contributed by atoms with Crippen molar-refractivity contribution in [3.63, 3.8) is 0 Å². The molecule has 0 atom stereocenters. The summed E-state index contributed by atoms with van der Waals surface area (Å²) >= 11 is 0. The fourth-order valence-corrected chi connectivity index (χ4v) is 7.05. The van der Waals surface area contributed by atoms with E-state index in [0.717, 1.165) is 44.2 Å². The number of fused-ring (bicyclic) bond motifs is 9. The van der Waals surface area contributed by atoms with E-state index in [9.17, 15) is 0 Å². The Hall–Kier alpha value is -6.65. The van der Waals surface area contributed by atoms with Crippen LogP contribution < -0.4 is 0 Å². The third-order valence-corrected chi connectivity index (χ3v) is 9.37. The fraction of sp³-hybridized carbons (Fsp3) is 0.0217. The summed E-state index contributed by atoms with van der Waals surface area (Å²) in [6, 6.07) is 46.5. The summed E-state index contributed by atoms with van der Waals surface area (Å²) in [4.78, 5) is 14.8. The number of allylic oxidation sites excluding steroid dienone is 5. The second-order valence-corrected chi connectivity index (χ2v) is 12.4. The van der Waals surface area contributed by atoms with Crippen molar-refractivity contribution < 1.29 is 4.42 Å². The van der Waals surface area contributed by atoms with Gasteiger partial charge in [-0.1, -0.05) is 152 Å². The SMILES string of the molecule is C=C(/C=C\C=C/C)c1nc(-c2ccccc2)nc(-c2cccc3oc4c(-c5ccc6c7ccccc7c7ccccc7c6c5)cccc4c23)n1. The zero-order valence-electron chi connectivity index (χ0n) is 27.5. The van der Waals surface area contributed by atoms with Crippen LogP contribution in [0.15, 0.2) is 169 Å². The zero-order valence-corrected chi connectivity index (χ0v) is 27.5. The van der Waals surface area contributed by atoms with Crippen molar-refractivity contribution in [3.05, 3.63) is 170 Å². The molecule has 2 heterocycles. The summed E-state index contributed by atoms with van der Waals surface area (Å²) in [5, 5.41) is 9.45. The van der Waals surface area contributed by atoms with Gasteiger partial charge in [0.25, 0.3) is 0 Å². The van der Waals surface area contributed by atoms with Gasteiger partial charge in [0.15, 0.2) is 17.5 Å². The van der Waals surface area contributed by atoms with Crippen molar-refractivity contribution in [3.8, 4) is 33.9 Å². The molecule has 236 valence electrons. The maximum absolute atomic E-state index is 6.72. The second-order valence-electron chi connectivity index (χ2n) is 12.4. The smallest absolute Gasteiger partial charge is 0.164 e. The lowest BCUT2D eigenvalue weighted by atomic mass is 9.91. The monoisotopic (exact) mass is 641 g/mol. The first-order chi connectivity index (χ1) is 24.7. The highest BCUT2D eigenvalue weighted by atomic mass is 16.3. The van der Waals surface area contributed by atoms with Crippen LogP contribution in [0.2, 0.25) is 0 Å². The van der Waals surface area contributed by atoms with Gasteiger partial charge < -0.3 is 4.42 Å². The first kappa shape index (κ1) is 29.5. The average Bonchev–Trinajstić information content (AvgIpc) is 3.57. The second kappa shape index (κ2) is 12.1. The van der Waals surface area contributed by atoms with Crippen LogP contribution in [-0.2, 0) is 0 Å². The molecule has 9 rings (SSSR count). The topological polar surface area (TPSA) is 51.8 Å². The van der Waals surface area contributed by atoms with Gasteiger partial charge in [-0.05, 0) is 56.9 Å². The minimum atomic E-state index is 0.524. The summed E-state index contributed by atoms with van der Waals surface area (Å²) < 4.78 is 6.72. The van der Waals surface area contributed by atoms with E-state index in [1.165, 1.54) is 32.3 Å². The summed E-state index contributed by atoms with van der Waals surface area (Å²) in [7, 11) is 0. The van der Waals surface area contributed by atoms with Crippen LogP contribution in [0.1, 0.15) is 12.7 Å². The van der Waals surface area contributed by atoms with E-state index in [0.29, 0.717) is 23.0 Å². The molecule has 7 aromatic carbocycles. The average molecular weight is 642 g/mol. The Morgan fingerprint density at radius 2 is 1.16 bits per heavy atom. The number of benzene rings is 7. The molecule has 0 saturated heterocycles. The molecule has 2 aromatic heterocycles. The van der Waals surface area contributed by atoms with Crippen molar-refractivity contribution in [2.75, 3.05) is 0 Å². The number of para-hydroxylation sites is 1. The van der Waals surface area contributed by atoms with Gasteiger partial charge in [-0.15, -0.1) is 0 Å². The predicted molar refractivity (Wildman–Crippen MR) is 209 cm³/mol. The van der Waals surface area contributed by atoms with Crippen molar-refractivity contribution in [2.24, 2.45) is 0 Å². The van der Waals surface area contributed by atoms with Crippen LogP contribution in [-0.4, -0.2) is 15.0 Å². The van der Waals surface area contributed by atoms with E-state index >= 15 is 0 Å². The van der Waals surface area contributed by atoms with Gasteiger partial charge in [-0.2, -0.15) is 0 Å². The molecule has 0 unspecified atom stereocenters. The highest BCUT2D eigenvalue weighted by molar-refractivity contribution is 6.26. The normalized spacial score (nSPS) is 12.0. The minimum Gasteiger partial charge on any atom is -0.455 e. The number of hydrogen-bond acceptors (Lipinski definition) is 4. The molecule has 4 nitrogen and oxygen atoms in total. The highest BCUT2D eigenvalue weighted by Crippen LogP contribution is 2.42. The Morgan fingerprint density at radius 1 is 0.540 bits per heavy atom. The van der Waals surface area contributed by atoms with Gasteiger partial charge in [-0.3, -0.25) is 0 Å². The molecule has 0 saturated carbocycles. The largest absolute Gasteiger partial charge is 0.455 e. The minimum absolute atomic E-state index is 0.524. The lowest BCUT2D eigenvalue weighted by molar-refractivity contribution is 0.670. The number of rotatable bonds is 6. The molecule has 0 fully saturated rings. The Balaban J connectivity index is 1.25. The van der Waals surface area contributed by atoms with E-state index in [1.807, 2.05) is 73.7 Å². The maximum Gasteiger partial charge on any atom is 0.164 e. The molecule has 4 heteroatoms. The van der Waals surface area contributed by atoms with Gasteiger partial charge in [0.05, 0.1) is 0 Å². The van der Waals surface area contributed by atoms with Crippen molar-refractivity contribution in [1.82, 2.24) is 15.0 Å². The van der Waals surface area contributed by atoms with E-state index < -0.39 is 0 Å². The molecule has 50 heavy (non-hydrogen) atoms. The number of furan rings is 1. The lowest BCUT2D eigenvalue weighted by Gasteiger charge is -2.12. The van der Waals surface area contributed by atoms with E-state index in [4.69, 9.17) is 19.4 Å². The van der Waals surface area contributed by atoms with Gasteiger partial charge in [0.1, 0.15) is 11.2 Å². The van der Waals surface area contributed by atoms with Crippen molar-refractivity contribution in [1.29, 1.82) is 0 Å². The molecule has 0 spiro atoms. The van der Waals surface area contributed by atoms with Crippen LogP contribution in [0.25, 0.3) is 93.7 Å². The quantitative estimate of drug-likeness (QED) is 0.134. The standard InChI is InChI=1S/C46H31N3O/c1-3-4-6-15-29(2)44-47-45(30-16-7-5-8-17-30)49-46(48-44)39-24-14-25-41-42(39)38-23-13-22-32(43(38)50-41)31-26-27-37-35-20-10-9-18-33(35)34-19-11-12-21-36(34)40(37)28-31/h3-28H,2H2,1H3/b4-3-,15-6-. The van der Waals surface area contributed by atoms with Crippen LogP contribution in [0.5, 0.6) is 0 Å². The van der Waals surface area contributed by atoms with Gasteiger partial charge in [-0.25, -0.2) is 15.0 Å². The number of aromatic nitrogens is 3. The highest BCUT2D eigenvalue weighted by Gasteiger charge is 2.20. The Labute approximate surface area is 289 Å². The zero-order chi connectivity index (χ0) is 33.6. The molecule has 0 amide bonds. The fourth-order valence-electron chi connectivity index (χ4n) is 7.05. The summed E-state index contributed by atoms with van der Waals surface area (Å²) in [5.74, 6) is 1.68. The maximum atomic E-state index is 6.72. The van der Waals surface area contributed by atoms with E-state index in [1.54, 1.807) is 0 Å². The summed E-state index contributed by atoms with van der Waals surface area (Å²) in [6.45, 7) is 6.26. The van der Waals surface area contributed by atoms with Gasteiger partial charge in [0, 0.05) is 33.0 Å². The summed E-state index contributed by atoms with van der Waals surface area (Å²) in [6.07, 6.45) is 7.79. The molecule has 9 aromatic rings. The molecule has 0 radical (unpaired) electrons. The molecular formula is C46H31N3O. The van der Waals surface area contributed by atoms with E-state index in [-0.39, 0.29) is 0 Å². The molecule has 0 N–H and O–H groups in total. The third-order valence-electron chi connectivity index (χ3n) is 9.37. The van der Waals surface area contributed by atoms with Crippen molar-refractivity contribution in [2.45, 2.75) is 6.92 Å². The Kier molecular flexibility index (Phi) is 7.14. The predicted octanol–water partition coefficient (Wildman–Crippen LogP) is 12.4. The Morgan fingerprint density at radius 3 is 1.90 bits per heavy atom. The van der Waals surface area contributed by atoms with Crippen LogP contribution in [0.4, 0.5) is 0 Å². The molecule has 0 aliphatic rings. The number of hydrogen-bond donors (Lipinski definition) is 0. The molecule has 0 aliphatic heterocycles. The third kappa shape index (κ3) is 4.89. The van der Waals surface area contributed by atoms with Crippen LogP contribution >= 0.6 is 0 Å². The van der Waals surface area contributed by atoms with Gasteiger partial charge in [0.2, 0.25) is 0 Å². The Bertz CT molecular complexity index is 2810. The van der Waals surface area contributed by atoms with E-state index in [2.05, 4.69) is 97.6 Å². The first-order valence-corrected chi connectivity index (χ1v) is 16.8. The van der Waals surface area contributed by atoms with Gasteiger partial charge >= 0.3 is 0 Å². The summed E-state index contributed by atoms with van der Waals surface area (Å²) in [5.41, 5.74) is 6.22. The molecular weight excluding hydrogens is 611 g/mol. The lowest BCUT2D eigenvalue weighted by Crippen LogP contribution is -2.02.